The molecular weight excluding hydrogens is 284 g/mol. The van der Waals surface area contributed by atoms with E-state index in [9.17, 15) is 4.79 Å². The summed E-state index contributed by atoms with van der Waals surface area (Å²) in [5.41, 5.74) is 5.80. The molecule has 1 amide bonds. The molecule has 1 rings (SSSR count). The van der Waals surface area contributed by atoms with Gasteiger partial charge in [-0.3, -0.25) is 4.79 Å². The average molecular weight is 312 g/mol. The zero-order chi connectivity index (χ0) is 15.7. The molecule has 6 heteroatoms. The second kappa shape index (κ2) is 9.60. The molecule has 0 spiro atoms. The Morgan fingerprint density at radius 2 is 1.90 bits per heavy atom. The van der Waals surface area contributed by atoms with E-state index in [4.69, 9.17) is 5.73 Å². The predicted molar refractivity (Wildman–Crippen MR) is 91.0 cm³/mol. The number of hydrogen-bond acceptors (Lipinski definition) is 5. The van der Waals surface area contributed by atoms with Crippen molar-refractivity contribution in [2.75, 3.05) is 17.6 Å². The van der Waals surface area contributed by atoms with Crippen molar-refractivity contribution in [1.29, 1.82) is 0 Å². The van der Waals surface area contributed by atoms with Gasteiger partial charge in [0.1, 0.15) is 10.7 Å². The summed E-state index contributed by atoms with van der Waals surface area (Å²) in [4.78, 5) is 16.7. The van der Waals surface area contributed by atoms with Gasteiger partial charge >= 0.3 is 0 Å². The molecule has 1 heterocycles. The predicted octanol–water partition coefficient (Wildman–Crippen LogP) is 3.64. The van der Waals surface area contributed by atoms with Gasteiger partial charge in [-0.2, -0.15) is 0 Å². The van der Waals surface area contributed by atoms with Crippen LogP contribution in [0.25, 0.3) is 0 Å². The second-order valence-electron chi connectivity index (χ2n) is 5.56. The fourth-order valence-corrected chi connectivity index (χ4v) is 2.94. The molecule has 0 radical (unpaired) electrons. The van der Waals surface area contributed by atoms with E-state index in [-0.39, 0.29) is 11.9 Å². The van der Waals surface area contributed by atoms with Crippen molar-refractivity contribution in [1.82, 2.24) is 10.3 Å². The molecule has 1 aromatic rings. The highest BCUT2D eigenvalue weighted by Gasteiger charge is 2.15. The van der Waals surface area contributed by atoms with Crippen LogP contribution >= 0.6 is 11.3 Å². The third-order valence-corrected chi connectivity index (χ3v) is 4.09. The minimum atomic E-state index is -0.115. The van der Waals surface area contributed by atoms with Crippen LogP contribution in [0.2, 0.25) is 0 Å². The maximum Gasteiger partial charge on any atom is 0.265 e. The number of hydrogen-bond donors (Lipinski definition) is 3. The lowest BCUT2D eigenvalue weighted by Gasteiger charge is -2.04. The van der Waals surface area contributed by atoms with Gasteiger partial charge in [0.05, 0.1) is 0 Å². The number of rotatable bonds is 10. The lowest BCUT2D eigenvalue weighted by atomic mass is 10.1. The molecule has 0 bridgehead atoms. The standard InChI is InChI=1S/C15H28N4OS/c1-4-5-6-7-8-9-10-17-14(20)12-13(16)19-15(21-12)18-11(2)3/h11H,4-10,16H2,1-3H3,(H,17,20)(H,18,19). The summed E-state index contributed by atoms with van der Waals surface area (Å²) >= 11 is 1.31. The summed E-state index contributed by atoms with van der Waals surface area (Å²) in [6.45, 7) is 6.96. The smallest absolute Gasteiger partial charge is 0.265 e. The summed E-state index contributed by atoms with van der Waals surface area (Å²) in [5.74, 6) is 0.193. The van der Waals surface area contributed by atoms with E-state index < -0.39 is 0 Å². The molecule has 0 saturated heterocycles. The van der Waals surface area contributed by atoms with Crippen LogP contribution in [-0.2, 0) is 0 Å². The molecular formula is C15H28N4OS. The van der Waals surface area contributed by atoms with Gasteiger partial charge in [-0.15, -0.1) is 0 Å². The van der Waals surface area contributed by atoms with Crippen LogP contribution in [0.5, 0.6) is 0 Å². The number of nitrogens with two attached hydrogens (primary N) is 1. The number of carbonyl (C=O) groups excluding carboxylic acids is 1. The quantitative estimate of drug-likeness (QED) is 0.576. The van der Waals surface area contributed by atoms with Gasteiger partial charge in [-0.1, -0.05) is 50.4 Å². The number of amides is 1. The number of nitrogen functional groups attached to an aromatic ring is 1. The van der Waals surface area contributed by atoms with Gasteiger partial charge in [0.15, 0.2) is 5.13 Å². The average Bonchev–Trinajstić information content (AvgIpc) is 2.77. The molecule has 0 aromatic carbocycles. The van der Waals surface area contributed by atoms with Crippen molar-refractivity contribution < 1.29 is 4.79 Å². The molecule has 120 valence electrons. The highest BCUT2D eigenvalue weighted by Crippen LogP contribution is 2.25. The van der Waals surface area contributed by atoms with Crippen molar-refractivity contribution >= 4 is 28.2 Å². The summed E-state index contributed by atoms with van der Waals surface area (Å²) in [6, 6.07) is 0.273. The normalized spacial score (nSPS) is 10.9. The number of anilines is 2. The molecule has 5 nitrogen and oxygen atoms in total. The Kier molecular flexibility index (Phi) is 8.12. The zero-order valence-electron chi connectivity index (χ0n) is 13.4. The SMILES string of the molecule is CCCCCCCCNC(=O)c1sc(NC(C)C)nc1N. The minimum absolute atomic E-state index is 0.115. The molecule has 0 aliphatic heterocycles. The molecule has 4 N–H and O–H groups in total. The Bertz CT molecular complexity index is 431. The van der Waals surface area contributed by atoms with E-state index in [1.165, 1.54) is 43.4 Å². The van der Waals surface area contributed by atoms with Crippen molar-refractivity contribution in [3.63, 3.8) is 0 Å². The highest BCUT2D eigenvalue weighted by molar-refractivity contribution is 7.18. The third kappa shape index (κ3) is 6.80. The molecule has 21 heavy (non-hydrogen) atoms. The molecule has 0 atom stereocenters. The Morgan fingerprint density at radius 3 is 2.57 bits per heavy atom. The van der Waals surface area contributed by atoms with Gasteiger partial charge < -0.3 is 16.4 Å². The summed E-state index contributed by atoms with van der Waals surface area (Å²) in [6.07, 6.45) is 7.28. The van der Waals surface area contributed by atoms with Crippen molar-refractivity contribution in [3.05, 3.63) is 4.88 Å². The van der Waals surface area contributed by atoms with Crippen LogP contribution in [0.15, 0.2) is 0 Å². The lowest BCUT2D eigenvalue weighted by molar-refractivity contribution is 0.0957. The molecule has 0 fully saturated rings. The van der Waals surface area contributed by atoms with Crippen LogP contribution in [0, 0.1) is 0 Å². The molecule has 0 aliphatic rings. The first-order valence-electron chi connectivity index (χ1n) is 7.85. The Balaban J connectivity index is 2.30. The van der Waals surface area contributed by atoms with Crippen LogP contribution in [-0.4, -0.2) is 23.5 Å². The summed E-state index contributed by atoms with van der Waals surface area (Å²) < 4.78 is 0. The number of carbonyl (C=O) groups is 1. The monoisotopic (exact) mass is 312 g/mol. The first kappa shape index (κ1) is 17.8. The highest BCUT2D eigenvalue weighted by atomic mass is 32.1. The third-order valence-electron chi connectivity index (χ3n) is 3.09. The summed E-state index contributed by atoms with van der Waals surface area (Å²) in [7, 11) is 0. The second-order valence-corrected chi connectivity index (χ2v) is 6.56. The van der Waals surface area contributed by atoms with E-state index in [2.05, 4.69) is 22.5 Å². The maximum absolute atomic E-state index is 12.1. The van der Waals surface area contributed by atoms with Gasteiger partial charge in [0, 0.05) is 12.6 Å². The molecule has 0 saturated carbocycles. The lowest BCUT2D eigenvalue weighted by Crippen LogP contribution is -2.24. The van der Waals surface area contributed by atoms with Crippen molar-refractivity contribution in [2.45, 2.75) is 65.3 Å². The number of unbranched alkanes of at least 4 members (excludes halogenated alkanes) is 5. The largest absolute Gasteiger partial charge is 0.382 e. The first-order chi connectivity index (χ1) is 10.0. The molecule has 1 aromatic heterocycles. The van der Waals surface area contributed by atoms with Crippen LogP contribution in [0.4, 0.5) is 10.9 Å². The van der Waals surface area contributed by atoms with E-state index >= 15 is 0 Å². The van der Waals surface area contributed by atoms with Gasteiger partial charge in [0.25, 0.3) is 5.91 Å². The van der Waals surface area contributed by atoms with Crippen LogP contribution in [0.1, 0.15) is 69.0 Å². The zero-order valence-corrected chi connectivity index (χ0v) is 14.2. The van der Waals surface area contributed by atoms with Gasteiger partial charge in [-0.05, 0) is 20.3 Å². The topological polar surface area (TPSA) is 80.0 Å². The van der Waals surface area contributed by atoms with Crippen molar-refractivity contribution in [3.8, 4) is 0 Å². The molecule has 0 aliphatic carbocycles. The molecule has 0 unspecified atom stereocenters. The van der Waals surface area contributed by atoms with E-state index in [1.54, 1.807) is 0 Å². The Morgan fingerprint density at radius 1 is 1.24 bits per heavy atom. The van der Waals surface area contributed by atoms with E-state index in [0.29, 0.717) is 22.4 Å². The fourth-order valence-electron chi connectivity index (χ4n) is 1.99. The first-order valence-corrected chi connectivity index (χ1v) is 8.67. The van der Waals surface area contributed by atoms with Gasteiger partial charge in [-0.25, -0.2) is 4.98 Å². The summed E-state index contributed by atoms with van der Waals surface area (Å²) in [5, 5.41) is 6.79. The number of nitrogens with zero attached hydrogens (tertiary/aromatic N) is 1. The Labute approximate surface area is 131 Å². The van der Waals surface area contributed by atoms with Crippen LogP contribution in [0.3, 0.4) is 0 Å². The maximum atomic E-state index is 12.1. The number of aromatic nitrogens is 1. The Hall–Kier alpha value is -1.30. The van der Waals surface area contributed by atoms with E-state index in [0.717, 1.165) is 6.42 Å². The van der Waals surface area contributed by atoms with Gasteiger partial charge in [0.2, 0.25) is 0 Å². The van der Waals surface area contributed by atoms with E-state index in [1.807, 2.05) is 13.8 Å². The number of nitrogens with one attached hydrogen (secondary N) is 2. The fraction of sp³-hybridized carbons (Fsp3) is 0.733. The van der Waals surface area contributed by atoms with Crippen LogP contribution < -0.4 is 16.4 Å². The number of thiazole rings is 1. The van der Waals surface area contributed by atoms with Crippen molar-refractivity contribution in [2.24, 2.45) is 0 Å². The minimum Gasteiger partial charge on any atom is -0.382 e.